The van der Waals surface area contributed by atoms with E-state index in [2.05, 4.69) is 91.4 Å². The molecule has 0 saturated carbocycles. The Hall–Kier alpha value is -0.770. The number of benzene rings is 2. The molecule has 0 fully saturated rings. The smallest absolute Gasteiger partial charge is 0.0318 e. The maximum Gasteiger partial charge on any atom is 0.0318 e. The van der Waals surface area contributed by atoms with Gasteiger partial charge in [-0.15, -0.1) is 0 Å². The van der Waals surface area contributed by atoms with Crippen molar-refractivity contribution in [3.63, 3.8) is 0 Å². The molecule has 0 aliphatic heterocycles. The number of nitrogens with one attached hydrogen (secondary N) is 1. The lowest BCUT2D eigenvalue weighted by molar-refractivity contribution is 0.424. The second-order valence-corrected chi connectivity index (χ2v) is 8.25. The van der Waals surface area contributed by atoms with Crippen molar-refractivity contribution in [3.05, 3.63) is 58.1 Å². The number of aryl methyl sites for hydroxylation is 1. The van der Waals surface area contributed by atoms with Crippen molar-refractivity contribution < 1.29 is 0 Å². The van der Waals surface area contributed by atoms with Crippen molar-refractivity contribution in [1.82, 2.24) is 5.32 Å². The molecule has 0 bridgehead atoms. The normalized spacial score (nSPS) is 11.7. The van der Waals surface area contributed by atoms with Crippen LogP contribution in [0.1, 0.15) is 31.9 Å². The van der Waals surface area contributed by atoms with Crippen molar-refractivity contribution in [2.24, 2.45) is 0 Å². The van der Waals surface area contributed by atoms with Gasteiger partial charge in [0.1, 0.15) is 0 Å². The Kier molecular flexibility index (Phi) is 5.53. The standard InChI is InChI=1S/C18H22BrNS/c1-13-5-8-15(9-6-13)21-17-10-7-14(11-16(17)19)12-20-18(2,3)4/h5-11,20H,12H2,1-4H3. The molecule has 0 aliphatic rings. The third-order valence-electron chi connectivity index (χ3n) is 3.07. The summed E-state index contributed by atoms with van der Waals surface area (Å²) >= 11 is 5.48. The Balaban J connectivity index is 2.07. The second-order valence-electron chi connectivity index (χ2n) is 6.28. The van der Waals surface area contributed by atoms with Crippen molar-refractivity contribution >= 4 is 27.7 Å². The Morgan fingerprint density at radius 2 is 1.71 bits per heavy atom. The average Bonchev–Trinajstić information content (AvgIpc) is 2.41. The summed E-state index contributed by atoms with van der Waals surface area (Å²) in [5.74, 6) is 0. The van der Waals surface area contributed by atoms with Gasteiger partial charge in [-0.2, -0.15) is 0 Å². The number of rotatable bonds is 4. The molecule has 0 unspecified atom stereocenters. The van der Waals surface area contributed by atoms with E-state index in [0.29, 0.717) is 0 Å². The first-order valence-electron chi connectivity index (χ1n) is 7.11. The third kappa shape index (κ3) is 5.50. The summed E-state index contributed by atoms with van der Waals surface area (Å²) in [7, 11) is 0. The van der Waals surface area contributed by atoms with Gasteiger partial charge >= 0.3 is 0 Å². The topological polar surface area (TPSA) is 12.0 Å². The first-order valence-corrected chi connectivity index (χ1v) is 8.72. The third-order valence-corrected chi connectivity index (χ3v) is 5.07. The van der Waals surface area contributed by atoms with Crippen molar-refractivity contribution in [2.75, 3.05) is 0 Å². The predicted octanol–water partition coefficient (Wildman–Crippen LogP) is 5.80. The molecule has 0 spiro atoms. The predicted molar refractivity (Wildman–Crippen MR) is 96.0 cm³/mol. The van der Waals surface area contributed by atoms with Crippen LogP contribution in [0.5, 0.6) is 0 Å². The lowest BCUT2D eigenvalue weighted by Gasteiger charge is -2.20. The summed E-state index contributed by atoms with van der Waals surface area (Å²) < 4.78 is 1.15. The van der Waals surface area contributed by atoms with Crippen LogP contribution >= 0.6 is 27.7 Å². The van der Waals surface area contributed by atoms with E-state index in [-0.39, 0.29) is 5.54 Å². The van der Waals surface area contributed by atoms with Gasteiger partial charge in [-0.1, -0.05) is 35.5 Å². The molecule has 0 heterocycles. The maximum atomic E-state index is 3.69. The summed E-state index contributed by atoms with van der Waals surface area (Å²) in [6.45, 7) is 9.55. The summed E-state index contributed by atoms with van der Waals surface area (Å²) in [5.41, 5.74) is 2.73. The quantitative estimate of drug-likeness (QED) is 0.736. The van der Waals surface area contributed by atoms with Gasteiger partial charge in [-0.25, -0.2) is 0 Å². The summed E-state index contributed by atoms with van der Waals surface area (Å²) in [6.07, 6.45) is 0. The number of hydrogen-bond acceptors (Lipinski definition) is 2. The minimum absolute atomic E-state index is 0.141. The molecule has 0 aromatic heterocycles. The van der Waals surface area contributed by atoms with E-state index in [9.17, 15) is 0 Å². The molecular formula is C18H22BrNS. The number of halogens is 1. The van der Waals surface area contributed by atoms with E-state index >= 15 is 0 Å². The lowest BCUT2D eigenvalue weighted by Crippen LogP contribution is -2.35. The molecule has 0 radical (unpaired) electrons. The Labute approximate surface area is 140 Å². The van der Waals surface area contributed by atoms with E-state index in [1.54, 1.807) is 11.8 Å². The molecule has 0 atom stereocenters. The fraction of sp³-hybridized carbons (Fsp3) is 0.333. The molecule has 112 valence electrons. The van der Waals surface area contributed by atoms with Gasteiger partial charge in [0.15, 0.2) is 0 Å². The highest BCUT2D eigenvalue weighted by atomic mass is 79.9. The van der Waals surface area contributed by atoms with Crippen LogP contribution in [0.4, 0.5) is 0 Å². The van der Waals surface area contributed by atoms with Crippen molar-refractivity contribution in [1.29, 1.82) is 0 Å². The van der Waals surface area contributed by atoms with Crippen LogP contribution in [0.15, 0.2) is 56.7 Å². The molecule has 2 rings (SSSR count). The Bertz CT molecular complexity index is 600. The van der Waals surface area contributed by atoms with Crippen LogP contribution in [0.3, 0.4) is 0 Å². The zero-order valence-corrected chi connectivity index (χ0v) is 15.4. The highest BCUT2D eigenvalue weighted by Gasteiger charge is 2.09. The van der Waals surface area contributed by atoms with Crippen LogP contribution in [0.25, 0.3) is 0 Å². The minimum Gasteiger partial charge on any atom is -0.308 e. The van der Waals surface area contributed by atoms with Crippen LogP contribution < -0.4 is 5.32 Å². The van der Waals surface area contributed by atoms with Gasteiger partial charge in [0.05, 0.1) is 0 Å². The van der Waals surface area contributed by atoms with Gasteiger partial charge < -0.3 is 5.32 Å². The Morgan fingerprint density at radius 1 is 1.05 bits per heavy atom. The van der Waals surface area contributed by atoms with Crippen LogP contribution in [-0.2, 0) is 6.54 Å². The van der Waals surface area contributed by atoms with Crippen molar-refractivity contribution in [3.8, 4) is 0 Å². The molecule has 0 aliphatic carbocycles. The van der Waals surface area contributed by atoms with Gasteiger partial charge in [0.25, 0.3) is 0 Å². The van der Waals surface area contributed by atoms with Gasteiger partial charge in [-0.3, -0.25) is 0 Å². The average molecular weight is 364 g/mol. The van der Waals surface area contributed by atoms with Crippen LogP contribution in [0, 0.1) is 6.92 Å². The highest BCUT2D eigenvalue weighted by molar-refractivity contribution is 9.10. The molecular weight excluding hydrogens is 342 g/mol. The fourth-order valence-corrected chi connectivity index (χ4v) is 3.33. The molecule has 1 N–H and O–H groups in total. The second kappa shape index (κ2) is 6.99. The van der Waals surface area contributed by atoms with Crippen LogP contribution in [0.2, 0.25) is 0 Å². The number of hydrogen-bond donors (Lipinski definition) is 1. The van der Waals surface area contributed by atoms with Gasteiger partial charge in [-0.05, 0) is 73.5 Å². The Morgan fingerprint density at radius 3 is 2.29 bits per heavy atom. The lowest BCUT2D eigenvalue weighted by atomic mass is 10.1. The minimum atomic E-state index is 0.141. The van der Waals surface area contributed by atoms with E-state index in [4.69, 9.17) is 0 Å². The highest BCUT2D eigenvalue weighted by Crippen LogP contribution is 2.34. The van der Waals surface area contributed by atoms with E-state index in [1.165, 1.54) is 20.9 Å². The van der Waals surface area contributed by atoms with E-state index in [0.717, 1.165) is 11.0 Å². The molecule has 0 saturated heterocycles. The summed E-state index contributed by atoms with van der Waals surface area (Å²) in [5, 5.41) is 3.51. The largest absolute Gasteiger partial charge is 0.308 e. The zero-order valence-electron chi connectivity index (χ0n) is 13.0. The van der Waals surface area contributed by atoms with Crippen molar-refractivity contribution in [2.45, 2.75) is 49.6 Å². The molecule has 0 amide bonds. The summed E-state index contributed by atoms with van der Waals surface area (Å²) in [4.78, 5) is 2.51. The molecule has 2 aromatic rings. The molecule has 3 heteroatoms. The van der Waals surface area contributed by atoms with Gasteiger partial charge in [0.2, 0.25) is 0 Å². The van der Waals surface area contributed by atoms with Gasteiger partial charge in [0, 0.05) is 26.3 Å². The molecule has 21 heavy (non-hydrogen) atoms. The van der Waals surface area contributed by atoms with E-state index in [1.807, 2.05) is 0 Å². The summed E-state index contributed by atoms with van der Waals surface area (Å²) in [6, 6.07) is 15.2. The van der Waals surface area contributed by atoms with E-state index < -0.39 is 0 Å². The maximum absolute atomic E-state index is 3.69. The molecule has 2 aromatic carbocycles. The monoisotopic (exact) mass is 363 g/mol. The zero-order chi connectivity index (χ0) is 15.5. The SMILES string of the molecule is Cc1ccc(Sc2ccc(CNC(C)(C)C)cc2Br)cc1. The fourth-order valence-electron chi connectivity index (χ4n) is 1.84. The first-order chi connectivity index (χ1) is 9.83. The molecule has 1 nitrogen and oxygen atoms in total. The first kappa shape index (κ1) is 16.6. The van der Waals surface area contributed by atoms with Crippen LogP contribution in [-0.4, -0.2) is 5.54 Å².